The molecule has 0 bridgehead atoms. The number of nitrogens with zero attached hydrogens (tertiary/aromatic N) is 2. The molecule has 1 aliphatic carbocycles. The molecule has 2 atom stereocenters. The maximum absolute atomic E-state index is 5.67. The SMILES string of the molecule is CC[C@@H]1C[C@H]1Cn1cc(C)c(N)n1. The molecule has 0 aliphatic heterocycles. The molecule has 1 aromatic rings. The van der Waals surface area contributed by atoms with E-state index in [1.807, 2.05) is 17.8 Å². The summed E-state index contributed by atoms with van der Waals surface area (Å²) in [5.74, 6) is 2.46. The van der Waals surface area contributed by atoms with Gasteiger partial charge in [-0.25, -0.2) is 0 Å². The zero-order valence-electron chi connectivity index (χ0n) is 8.33. The second kappa shape index (κ2) is 3.05. The number of aryl methyl sites for hydroxylation is 1. The second-order valence-corrected chi connectivity index (χ2v) is 4.08. The number of nitrogen functional groups attached to an aromatic ring is 1. The summed E-state index contributed by atoms with van der Waals surface area (Å²) in [6, 6.07) is 0. The minimum absolute atomic E-state index is 0.675. The van der Waals surface area contributed by atoms with Gasteiger partial charge in [-0.15, -0.1) is 0 Å². The van der Waals surface area contributed by atoms with Gasteiger partial charge in [-0.05, 0) is 25.2 Å². The summed E-state index contributed by atoms with van der Waals surface area (Å²) < 4.78 is 1.99. The van der Waals surface area contributed by atoms with Gasteiger partial charge < -0.3 is 5.73 Å². The topological polar surface area (TPSA) is 43.8 Å². The molecule has 0 spiro atoms. The first-order chi connectivity index (χ1) is 6.20. The Morgan fingerprint density at radius 1 is 1.62 bits per heavy atom. The maximum Gasteiger partial charge on any atom is 0.148 e. The fourth-order valence-electron chi connectivity index (χ4n) is 1.90. The average Bonchev–Trinajstić information content (AvgIpc) is 2.75. The standard InChI is InChI=1S/C10H17N3/c1-3-8-4-9(8)6-13-5-7(2)10(11)12-13/h5,8-9H,3-4,6H2,1-2H3,(H2,11,12)/t8-,9+/m1/s1. The number of aromatic nitrogens is 2. The molecule has 13 heavy (non-hydrogen) atoms. The molecule has 2 rings (SSSR count). The predicted molar refractivity (Wildman–Crippen MR) is 53.3 cm³/mol. The Morgan fingerprint density at radius 2 is 2.38 bits per heavy atom. The van der Waals surface area contributed by atoms with Gasteiger partial charge in [0.15, 0.2) is 0 Å². The van der Waals surface area contributed by atoms with Crippen molar-refractivity contribution in [1.29, 1.82) is 0 Å². The lowest BCUT2D eigenvalue weighted by Gasteiger charge is -1.98. The lowest BCUT2D eigenvalue weighted by atomic mass is 10.2. The molecular formula is C10H17N3. The van der Waals surface area contributed by atoms with E-state index >= 15 is 0 Å². The number of hydrogen-bond donors (Lipinski definition) is 1. The summed E-state index contributed by atoms with van der Waals surface area (Å²) in [5.41, 5.74) is 6.76. The number of nitrogens with two attached hydrogens (primary N) is 1. The van der Waals surface area contributed by atoms with Crippen molar-refractivity contribution in [2.24, 2.45) is 11.8 Å². The van der Waals surface area contributed by atoms with E-state index in [2.05, 4.69) is 12.0 Å². The second-order valence-electron chi connectivity index (χ2n) is 4.08. The molecule has 2 N–H and O–H groups in total. The van der Waals surface area contributed by atoms with Crippen molar-refractivity contribution < 1.29 is 0 Å². The molecule has 72 valence electrons. The molecule has 1 saturated carbocycles. The molecule has 0 radical (unpaired) electrons. The zero-order chi connectivity index (χ0) is 9.42. The normalized spacial score (nSPS) is 26.3. The van der Waals surface area contributed by atoms with Crippen LogP contribution in [0.5, 0.6) is 0 Å². The van der Waals surface area contributed by atoms with Crippen molar-refractivity contribution in [2.45, 2.75) is 33.2 Å². The summed E-state index contributed by atoms with van der Waals surface area (Å²) >= 11 is 0. The molecule has 1 fully saturated rings. The predicted octanol–water partition coefficient (Wildman–Crippen LogP) is 1.82. The Bertz CT molecular complexity index is 284. The van der Waals surface area contributed by atoms with E-state index in [0.29, 0.717) is 5.82 Å². The van der Waals surface area contributed by atoms with Crippen molar-refractivity contribution in [2.75, 3.05) is 5.73 Å². The van der Waals surface area contributed by atoms with E-state index < -0.39 is 0 Å². The van der Waals surface area contributed by atoms with Crippen LogP contribution in [0.4, 0.5) is 5.82 Å². The van der Waals surface area contributed by atoms with Crippen LogP contribution in [0.15, 0.2) is 6.20 Å². The smallest absolute Gasteiger partial charge is 0.148 e. The highest BCUT2D eigenvalue weighted by atomic mass is 15.3. The highest BCUT2D eigenvalue weighted by molar-refractivity contribution is 5.35. The van der Waals surface area contributed by atoms with Crippen LogP contribution in [-0.2, 0) is 6.54 Å². The number of rotatable bonds is 3. The molecule has 3 heteroatoms. The summed E-state index contributed by atoms with van der Waals surface area (Å²) in [6.45, 7) is 5.31. The monoisotopic (exact) mass is 179 g/mol. The van der Waals surface area contributed by atoms with E-state index in [-0.39, 0.29) is 0 Å². The molecule has 0 saturated heterocycles. The van der Waals surface area contributed by atoms with Crippen LogP contribution in [0, 0.1) is 18.8 Å². The van der Waals surface area contributed by atoms with Gasteiger partial charge in [-0.2, -0.15) is 5.10 Å². The number of anilines is 1. The third kappa shape index (κ3) is 1.69. The third-order valence-corrected chi connectivity index (χ3v) is 3.00. The molecular weight excluding hydrogens is 162 g/mol. The van der Waals surface area contributed by atoms with Gasteiger partial charge >= 0.3 is 0 Å². The van der Waals surface area contributed by atoms with E-state index in [1.165, 1.54) is 12.8 Å². The van der Waals surface area contributed by atoms with Gasteiger partial charge in [-0.3, -0.25) is 4.68 Å². The Balaban J connectivity index is 1.95. The Kier molecular flexibility index (Phi) is 2.02. The van der Waals surface area contributed by atoms with Crippen LogP contribution in [0.1, 0.15) is 25.3 Å². The van der Waals surface area contributed by atoms with E-state index in [1.54, 1.807) is 0 Å². The Hall–Kier alpha value is -0.990. The molecule has 1 aliphatic rings. The lowest BCUT2D eigenvalue weighted by Crippen LogP contribution is -2.02. The first kappa shape index (κ1) is 8.60. The third-order valence-electron chi connectivity index (χ3n) is 3.00. The van der Waals surface area contributed by atoms with Crippen LogP contribution in [-0.4, -0.2) is 9.78 Å². The average molecular weight is 179 g/mol. The molecule has 0 aromatic carbocycles. The van der Waals surface area contributed by atoms with Gasteiger partial charge in [0, 0.05) is 18.3 Å². The summed E-state index contributed by atoms with van der Waals surface area (Å²) in [4.78, 5) is 0. The van der Waals surface area contributed by atoms with Gasteiger partial charge in [0.2, 0.25) is 0 Å². The van der Waals surface area contributed by atoms with Crippen molar-refractivity contribution in [3.63, 3.8) is 0 Å². The van der Waals surface area contributed by atoms with Crippen LogP contribution >= 0.6 is 0 Å². The quantitative estimate of drug-likeness (QED) is 0.769. The van der Waals surface area contributed by atoms with Crippen LogP contribution in [0.3, 0.4) is 0 Å². The zero-order valence-corrected chi connectivity index (χ0v) is 8.33. The minimum Gasteiger partial charge on any atom is -0.382 e. The summed E-state index contributed by atoms with van der Waals surface area (Å²) in [6.07, 6.45) is 4.72. The Morgan fingerprint density at radius 3 is 2.85 bits per heavy atom. The largest absolute Gasteiger partial charge is 0.382 e. The van der Waals surface area contributed by atoms with Crippen molar-refractivity contribution in [3.8, 4) is 0 Å². The lowest BCUT2D eigenvalue weighted by molar-refractivity contribution is 0.526. The van der Waals surface area contributed by atoms with Crippen LogP contribution in [0.2, 0.25) is 0 Å². The highest BCUT2D eigenvalue weighted by Crippen LogP contribution is 2.42. The maximum atomic E-state index is 5.67. The molecule has 1 heterocycles. The summed E-state index contributed by atoms with van der Waals surface area (Å²) in [7, 11) is 0. The fourth-order valence-corrected chi connectivity index (χ4v) is 1.90. The fraction of sp³-hybridized carbons (Fsp3) is 0.700. The first-order valence-electron chi connectivity index (χ1n) is 5.00. The molecule has 0 unspecified atom stereocenters. The number of hydrogen-bond acceptors (Lipinski definition) is 2. The molecule has 3 nitrogen and oxygen atoms in total. The minimum atomic E-state index is 0.675. The Labute approximate surface area is 78.9 Å². The van der Waals surface area contributed by atoms with E-state index in [0.717, 1.165) is 23.9 Å². The van der Waals surface area contributed by atoms with Crippen molar-refractivity contribution in [1.82, 2.24) is 9.78 Å². The van der Waals surface area contributed by atoms with Gasteiger partial charge in [0.05, 0.1) is 0 Å². The van der Waals surface area contributed by atoms with Crippen LogP contribution < -0.4 is 5.73 Å². The van der Waals surface area contributed by atoms with Gasteiger partial charge in [0.1, 0.15) is 5.82 Å². The van der Waals surface area contributed by atoms with Gasteiger partial charge in [-0.1, -0.05) is 13.3 Å². The first-order valence-corrected chi connectivity index (χ1v) is 5.00. The molecule has 1 aromatic heterocycles. The van der Waals surface area contributed by atoms with Crippen LogP contribution in [0.25, 0.3) is 0 Å². The summed E-state index contributed by atoms with van der Waals surface area (Å²) in [5, 5.41) is 4.25. The highest BCUT2D eigenvalue weighted by Gasteiger charge is 2.35. The van der Waals surface area contributed by atoms with E-state index in [4.69, 9.17) is 5.73 Å². The van der Waals surface area contributed by atoms with Crippen molar-refractivity contribution >= 4 is 5.82 Å². The van der Waals surface area contributed by atoms with Gasteiger partial charge in [0.25, 0.3) is 0 Å². The van der Waals surface area contributed by atoms with E-state index in [9.17, 15) is 0 Å². The molecule has 0 amide bonds. The van der Waals surface area contributed by atoms with Crippen molar-refractivity contribution in [3.05, 3.63) is 11.8 Å².